The van der Waals surface area contributed by atoms with Crippen molar-refractivity contribution in [1.82, 2.24) is 4.90 Å². The van der Waals surface area contributed by atoms with E-state index in [2.05, 4.69) is 11.8 Å². The van der Waals surface area contributed by atoms with Crippen LogP contribution in [-0.4, -0.2) is 29.7 Å². The number of hydrogen-bond donors (Lipinski definition) is 1. The summed E-state index contributed by atoms with van der Waals surface area (Å²) < 4.78 is 5.60. The molecule has 1 fully saturated rings. The Balaban J connectivity index is 1.81. The van der Waals surface area contributed by atoms with E-state index < -0.39 is 0 Å². The summed E-state index contributed by atoms with van der Waals surface area (Å²) in [5.41, 5.74) is 0. The monoisotopic (exact) mass is 195 g/mol. The first-order valence-electron chi connectivity index (χ1n) is 5.22. The normalized spacial score (nSPS) is 18.4. The highest BCUT2D eigenvalue weighted by atomic mass is 16.3. The van der Waals surface area contributed by atoms with Gasteiger partial charge in [-0.3, -0.25) is 4.90 Å². The average molecular weight is 195 g/mol. The molecular weight excluding hydrogens is 178 g/mol. The summed E-state index contributed by atoms with van der Waals surface area (Å²) in [4.78, 5) is 2.29. The van der Waals surface area contributed by atoms with Gasteiger partial charge in [-0.15, -0.1) is 0 Å². The van der Waals surface area contributed by atoms with Crippen LogP contribution in [0.25, 0.3) is 0 Å². The number of aliphatic hydroxyl groups is 1. The predicted molar refractivity (Wildman–Crippen MR) is 53.9 cm³/mol. The predicted octanol–water partition coefficient (Wildman–Crippen LogP) is 1.27. The summed E-state index contributed by atoms with van der Waals surface area (Å²) in [6.07, 6.45) is 0.958. The second-order valence-corrected chi connectivity index (χ2v) is 3.96. The van der Waals surface area contributed by atoms with Gasteiger partial charge in [-0.25, -0.2) is 0 Å². The van der Waals surface area contributed by atoms with Gasteiger partial charge >= 0.3 is 0 Å². The fraction of sp³-hybridized carbons (Fsp3) is 0.636. The fourth-order valence-corrected chi connectivity index (χ4v) is 1.84. The zero-order valence-corrected chi connectivity index (χ0v) is 8.57. The van der Waals surface area contributed by atoms with E-state index in [0.29, 0.717) is 12.5 Å². The second-order valence-electron chi connectivity index (χ2n) is 3.96. The third kappa shape index (κ3) is 1.99. The molecule has 3 heteroatoms. The fourth-order valence-electron chi connectivity index (χ4n) is 1.84. The molecule has 0 saturated carbocycles. The molecule has 0 spiro atoms. The third-order valence-corrected chi connectivity index (χ3v) is 2.74. The van der Waals surface area contributed by atoms with E-state index >= 15 is 0 Å². The van der Waals surface area contributed by atoms with Gasteiger partial charge in [0.2, 0.25) is 0 Å². The van der Waals surface area contributed by atoms with Gasteiger partial charge in [0.15, 0.2) is 0 Å². The van der Waals surface area contributed by atoms with Crippen molar-refractivity contribution in [3.8, 4) is 0 Å². The van der Waals surface area contributed by atoms with Crippen molar-refractivity contribution in [3.05, 3.63) is 23.7 Å². The zero-order chi connectivity index (χ0) is 9.97. The van der Waals surface area contributed by atoms with Crippen molar-refractivity contribution >= 4 is 0 Å². The summed E-state index contributed by atoms with van der Waals surface area (Å²) >= 11 is 0. The number of hydrogen-bond acceptors (Lipinski definition) is 3. The Morgan fingerprint density at radius 2 is 2.14 bits per heavy atom. The molecule has 0 atom stereocenters. The van der Waals surface area contributed by atoms with Crippen molar-refractivity contribution in [2.75, 3.05) is 19.7 Å². The van der Waals surface area contributed by atoms with Crippen LogP contribution in [0.5, 0.6) is 0 Å². The minimum atomic E-state index is 0.314. The first-order valence-corrected chi connectivity index (χ1v) is 5.22. The molecule has 2 heterocycles. The van der Waals surface area contributed by atoms with Crippen molar-refractivity contribution in [3.63, 3.8) is 0 Å². The zero-order valence-electron chi connectivity index (χ0n) is 8.57. The van der Waals surface area contributed by atoms with E-state index in [-0.39, 0.29) is 0 Å². The Morgan fingerprint density at radius 1 is 1.43 bits per heavy atom. The molecule has 1 aliphatic heterocycles. The van der Waals surface area contributed by atoms with Gasteiger partial charge in [0.1, 0.15) is 11.5 Å². The third-order valence-electron chi connectivity index (χ3n) is 2.74. The number of aliphatic hydroxyl groups excluding tert-OH is 1. The summed E-state index contributed by atoms with van der Waals surface area (Å²) in [6.45, 7) is 5.29. The van der Waals surface area contributed by atoms with Crippen LogP contribution in [-0.2, 0) is 13.0 Å². The molecule has 0 radical (unpaired) electrons. The standard InChI is InChI=1S/C11H17NO2/c1-2-10-3-4-11(14-10)7-12-5-9(6-12)8-13/h3-4,9,13H,2,5-8H2,1H3. The van der Waals surface area contributed by atoms with E-state index in [1.807, 2.05) is 12.1 Å². The summed E-state index contributed by atoms with van der Waals surface area (Å²) in [6, 6.07) is 4.09. The van der Waals surface area contributed by atoms with Gasteiger partial charge in [0, 0.05) is 32.0 Å². The Bertz CT molecular complexity index is 289. The molecule has 0 unspecified atom stereocenters. The van der Waals surface area contributed by atoms with Crippen molar-refractivity contribution in [2.24, 2.45) is 5.92 Å². The van der Waals surface area contributed by atoms with Gasteiger partial charge in [-0.05, 0) is 12.1 Å². The number of rotatable bonds is 4. The lowest BCUT2D eigenvalue weighted by molar-refractivity contribution is 0.0427. The second kappa shape index (κ2) is 4.15. The van der Waals surface area contributed by atoms with E-state index in [1.54, 1.807) is 0 Å². The number of nitrogens with zero attached hydrogens (tertiary/aromatic N) is 1. The van der Waals surface area contributed by atoms with Crippen LogP contribution in [0.1, 0.15) is 18.4 Å². The van der Waals surface area contributed by atoms with Crippen LogP contribution in [0.3, 0.4) is 0 Å². The molecular formula is C11H17NO2. The van der Waals surface area contributed by atoms with Crippen LogP contribution in [0, 0.1) is 5.92 Å². The summed E-state index contributed by atoms with van der Waals surface area (Å²) in [5.74, 6) is 2.58. The average Bonchev–Trinajstić information content (AvgIpc) is 2.58. The van der Waals surface area contributed by atoms with Crippen LogP contribution >= 0.6 is 0 Å². The highest BCUT2D eigenvalue weighted by Crippen LogP contribution is 2.19. The molecule has 0 amide bonds. The van der Waals surface area contributed by atoms with Gasteiger partial charge in [0.25, 0.3) is 0 Å². The highest BCUT2D eigenvalue weighted by Gasteiger charge is 2.26. The maximum absolute atomic E-state index is 8.86. The number of furan rings is 1. The van der Waals surface area contributed by atoms with E-state index in [1.165, 1.54) is 0 Å². The Kier molecular flexibility index (Phi) is 2.89. The van der Waals surface area contributed by atoms with Crippen LogP contribution < -0.4 is 0 Å². The smallest absolute Gasteiger partial charge is 0.118 e. The molecule has 1 aromatic heterocycles. The van der Waals surface area contributed by atoms with Crippen LogP contribution in [0.4, 0.5) is 0 Å². The van der Waals surface area contributed by atoms with Gasteiger partial charge < -0.3 is 9.52 Å². The molecule has 1 aromatic rings. The van der Waals surface area contributed by atoms with Crippen molar-refractivity contribution in [2.45, 2.75) is 19.9 Å². The summed E-state index contributed by atoms with van der Waals surface area (Å²) in [5, 5.41) is 8.86. The molecule has 78 valence electrons. The first-order chi connectivity index (χ1) is 6.81. The molecule has 2 rings (SSSR count). The molecule has 0 bridgehead atoms. The van der Waals surface area contributed by atoms with E-state index in [0.717, 1.165) is 37.6 Å². The number of aryl methyl sites for hydroxylation is 1. The molecule has 1 aliphatic rings. The molecule has 14 heavy (non-hydrogen) atoms. The highest BCUT2D eigenvalue weighted by molar-refractivity contribution is 5.07. The molecule has 3 nitrogen and oxygen atoms in total. The van der Waals surface area contributed by atoms with Gasteiger partial charge in [0.05, 0.1) is 6.54 Å². The Hall–Kier alpha value is -0.800. The van der Waals surface area contributed by atoms with E-state index in [9.17, 15) is 0 Å². The van der Waals surface area contributed by atoms with Gasteiger partial charge in [-0.2, -0.15) is 0 Å². The lowest BCUT2D eigenvalue weighted by Gasteiger charge is -2.37. The topological polar surface area (TPSA) is 36.6 Å². The summed E-state index contributed by atoms with van der Waals surface area (Å²) in [7, 11) is 0. The first kappa shape index (κ1) is 9.74. The maximum Gasteiger partial charge on any atom is 0.118 e. The van der Waals surface area contributed by atoms with Crippen LogP contribution in [0.15, 0.2) is 16.5 Å². The van der Waals surface area contributed by atoms with Crippen molar-refractivity contribution in [1.29, 1.82) is 0 Å². The van der Waals surface area contributed by atoms with Gasteiger partial charge in [-0.1, -0.05) is 6.92 Å². The lowest BCUT2D eigenvalue weighted by atomic mass is 10.0. The minimum absolute atomic E-state index is 0.314. The Labute approximate surface area is 84.3 Å². The van der Waals surface area contributed by atoms with E-state index in [4.69, 9.17) is 9.52 Å². The molecule has 0 aromatic carbocycles. The quantitative estimate of drug-likeness (QED) is 0.786. The molecule has 1 N–H and O–H groups in total. The molecule has 0 aliphatic carbocycles. The SMILES string of the molecule is CCc1ccc(CN2CC(CO)C2)o1. The van der Waals surface area contributed by atoms with Crippen molar-refractivity contribution < 1.29 is 9.52 Å². The minimum Gasteiger partial charge on any atom is -0.465 e. The molecule has 1 saturated heterocycles. The lowest BCUT2D eigenvalue weighted by Crippen LogP contribution is -2.47. The largest absolute Gasteiger partial charge is 0.465 e. The number of likely N-dealkylation sites (tertiary alicyclic amines) is 1. The van der Waals surface area contributed by atoms with Crippen LogP contribution in [0.2, 0.25) is 0 Å². The maximum atomic E-state index is 8.86. The Morgan fingerprint density at radius 3 is 2.71 bits per heavy atom.